The Morgan fingerprint density at radius 1 is 0.617 bits per heavy atom. The second-order valence-electron chi connectivity index (χ2n) is 25.9. The maximum absolute atomic E-state index is 15.2. The van der Waals surface area contributed by atoms with Crippen LogP contribution in [0.5, 0.6) is 0 Å². The van der Waals surface area contributed by atoms with Gasteiger partial charge in [0.2, 0.25) is 65.0 Å². The Labute approximate surface area is 617 Å². The standard InChI is InChI=1S/C70H98N18O19/c1-3-27-105-28-17-50-65(99)82-52(34-47-38-77-62-48(47)10-7-21-73-62)63(97)78-40-57(90)80-49(11-4-5-20-74-70(104)87-25-23-86(24-26-87)42-61(95)96)64(98)84-53(35-60(93)94)69(103)88-22-8-12-54(88)67(101)79-39-56(89)76-41-59(92)85(2)55(33-46-9-6-19-72-36-46)68(102)83-51(66(100)81-50)32-44-13-15-45(16-14-44)37-75-58(91)43-107-31-30-106-29-18-71/h6-7,9-10,13-16,19,21,36,38,49-55H,3-5,8,11-12,17-18,20,22-35,37,39-43,71H2,1-2H3,(H,73,77)(H,74,104)(H,75,91)(H,76,89)(H,78,97)(H,79,101)(H,80,90)(H,81,100)(H,82,99)(H,83,102)(H,84,98)(H,93,94)(H,95,96)/t49-,50-,51-,52-,53-,54+,55-/m0/s1. The monoisotopic (exact) mass is 1490 g/mol. The number of hydrogen-bond donors (Lipinski definition) is 14. The Bertz CT molecular complexity index is 3690. The molecule has 3 fully saturated rings. The van der Waals surface area contributed by atoms with Gasteiger partial charge in [0.1, 0.15) is 54.5 Å². The predicted molar refractivity (Wildman–Crippen MR) is 381 cm³/mol. The summed E-state index contributed by atoms with van der Waals surface area (Å²) in [5, 5.41) is 46.2. The third-order valence-corrected chi connectivity index (χ3v) is 17.9. The molecule has 107 heavy (non-hydrogen) atoms. The molecule has 37 nitrogen and oxygen atoms in total. The van der Waals surface area contributed by atoms with Crippen LogP contribution in [0.25, 0.3) is 11.0 Å². The van der Waals surface area contributed by atoms with Gasteiger partial charge >= 0.3 is 18.0 Å². The van der Waals surface area contributed by atoms with Crippen molar-refractivity contribution in [2.24, 2.45) is 5.73 Å². The number of fused-ring (bicyclic) bond motifs is 2. The number of aromatic nitrogens is 3. The van der Waals surface area contributed by atoms with Gasteiger partial charge < -0.3 is 103 Å². The maximum atomic E-state index is 15.2. The molecular formula is C70H98N18O19. The number of nitrogens with one attached hydrogen (secondary N) is 11. The minimum atomic E-state index is -1.82. The Hall–Kier alpha value is -10.8. The topological polar surface area (TPSA) is 508 Å². The molecule has 3 saturated heterocycles. The highest BCUT2D eigenvalue weighted by Crippen LogP contribution is 2.22. The molecule has 0 unspecified atom stereocenters. The summed E-state index contributed by atoms with van der Waals surface area (Å²) in [7, 11) is 1.30. The van der Waals surface area contributed by atoms with Crippen LogP contribution in [-0.2, 0) is 102 Å². The molecule has 37 heteroatoms. The van der Waals surface area contributed by atoms with Gasteiger partial charge in [0, 0.05) is 122 Å². The number of likely N-dealkylation sites (N-methyl/N-ethyl adjacent to an activating group) is 1. The lowest BCUT2D eigenvalue weighted by Gasteiger charge is -2.33. The molecule has 0 spiro atoms. The summed E-state index contributed by atoms with van der Waals surface area (Å²) in [4.78, 5) is 211. The number of carbonyl (C=O) groups excluding carboxylic acids is 12. The van der Waals surface area contributed by atoms with Crippen LogP contribution in [0, 0.1) is 0 Å². The summed E-state index contributed by atoms with van der Waals surface area (Å²) in [6.45, 7) is 1.68. The van der Waals surface area contributed by atoms with E-state index in [0.29, 0.717) is 65.9 Å². The first-order valence-electron chi connectivity index (χ1n) is 35.7. The van der Waals surface area contributed by atoms with E-state index in [-0.39, 0.29) is 130 Å². The van der Waals surface area contributed by atoms with E-state index in [1.54, 1.807) is 59.6 Å². The number of pyridine rings is 2. The second kappa shape index (κ2) is 43.6. The van der Waals surface area contributed by atoms with Crippen molar-refractivity contribution in [3.63, 3.8) is 0 Å². The average molecular weight is 1500 g/mol. The van der Waals surface area contributed by atoms with E-state index in [4.69, 9.17) is 19.9 Å². The van der Waals surface area contributed by atoms with Gasteiger partial charge in [0.25, 0.3) is 0 Å². The number of H-pyrrole nitrogens is 1. The fraction of sp³-hybridized carbons (Fsp3) is 0.543. The van der Waals surface area contributed by atoms with Crippen molar-refractivity contribution in [1.29, 1.82) is 0 Å². The zero-order valence-corrected chi connectivity index (χ0v) is 60.1. The molecule has 15 N–H and O–H groups in total. The van der Waals surface area contributed by atoms with Crippen molar-refractivity contribution in [1.82, 2.24) is 87.7 Å². The molecule has 3 aliphatic heterocycles. The number of rotatable bonds is 29. The first kappa shape index (κ1) is 83.5. The van der Waals surface area contributed by atoms with Gasteiger partial charge in [0.05, 0.1) is 52.4 Å². The van der Waals surface area contributed by atoms with Gasteiger partial charge in [-0.15, -0.1) is 0 Å². The van der Waals surface area contributed by atoms with Gasteiger partial charge in [-0.05, 0) is 85.4 Å². The van der Waals surface area contributed by atoms with Crippen molar-refractivity contribution in [2.45, 2.75) is 126 Å². The Kier molecular flexibility index (Phi) is 34.1. The third-order valence-electron chi connectivity index (χ3n) is 17.9. The lowest BCUT2D eigenvalue weighted by atomic mass is 10.0. The number of urea groups is 1. The van der Waals surface area contributed by atoms with Crippen LogP contribution in [0.4, 0.5) is 4.79 Å². The molecule has 0 aliphatic carbocycles. The Balaban J connectivity index is 1.20. The zero-order chi connectivity index (χ0) is 77.2. The molecule has 3 aliphatic rings. The first-order valence-corrected chi connectivity index (χ1v) is 35.7. The van der Waals surface area contributed by atoms with E-state index in [2.05, 4.69) is 68.1 Å². The molecular weight excluding hydrogens is 1400 g/mol. The fourth-order valence-electron chi connectivity index (χ4n) is 12.1. The van der Waals surface area contributed by atoms with Crippen molar-refractivity contribution in [3.05, 3.63) is 95.6 Å². The number of amides is 13. The molecule has 0 saturated carbocycles. The van der Waals surface area contributed by atoms with Gasteiger partial charge in [-0.25, -0.2) is 9.78 Å². The van der Waals surface area contributed by atoms with Crippen molar-refractivity contribution < 1.29 is 91.5 Å². The number of carboxylic acid groups (broad SMARTS) is 2. The smallest absolute Gasteiger partial charge is 0.317 e. The summed E-state index contributed by atoms with van der Waals surface area (Å²) in [5.41, 5.74) is 7.97. The van der Waals surface area contributed by atoms with E-state index in [9.17, 15) is 63.0 Å². The lowest BCUT2D eigenvalue weighted by molar-refractivity contribution is -0.146. The van der Waals surface area contributed by atoms with Gasteiger partial charge in [-0.1, -0.05) is 37.3 Å². The summed E-state index contributed by atoms with van der Waals surface area (Å²) in [6.07, 6.45) is 5.26. The number of unbranched alkanes of at least 4 members (excludes halogenated alkanes) is 1. The van der Waals surface area contributed by atoms with Crippen LogP contribution in [0.15, 0.2) is 73.3 Å². The molecule has 13 amide bonds. The van der Waals surface area contributed by atoms with Gasteiger partial charge in [-0.3, -0.25) is 72.2 Å². The Morgan fingerprint density at radius 3 is 2.00 bits per heavy atom. The number of aliphatic carboxylic acids is 2. The highest BCUT2D eigenvalue weighted by molar-refractivity contribution is 5.99. The number of carboxylic acids is 2. The highest BCUT2D eigenvalue weighted by Gasteiger charge is 2.40. The number of benzene rings is 1. The van der Waals surface area contributed by atoms with Crippen LogP contribution in [0.2, 0.25) is 0 Å². The quantitative estimate of drug-likeness (QED) is 0.0231. The Morgan fingerprint density at radius 2 is 1.28 bits per heavy atom. The second-order valence-corrected chi connectivity index (χ2v) is 25.9. The molecule has 0 radical (unpaired) electrons. The maximum Gasteiger partial charge on any atom is 0.317 e. The summed E-state index contributed by atoms with van der Waals surface area (Å²) < 4.78 is 16.5. The van der Waals surface area contributed by atoms with E-state index in [1.165, 1.54) is 30.5 Å². The molecule has 7 rings (SSSR count). The van der Waals surface area contributed by atoms with Crippen LogP contribution in [0.3, 0.4) is 0 Å². The normalized spacial score (nSPS) is 21.2. The average Bonchev–Trinajstić information content (AvgIpc) is 1.74. The number of nitrogens with zero attached hydrogens (tertiary/aromatic N) is 6. The summed E-state index contributed by atoms with van der Waals surface area (Å²) >= 11 is 0. The number of hydrogen-bond acceptors (Lipinski definition) is 21. The predicted octanol–water partition coefficient (Wildman–Crippen LogP) is -3.93. The molecule has 0 bridgehead atoms. The van der Waals surface area contributed by atoms with E-state index in [1.807, 2.05) is 6.92 Å². The summed E-state index contributed by atoms with van der Waals surface area (Å²) in [6, 6.07) is 2.29. The fourth-order valence-corrected chi connectivity index (χ4v) is 12.1. The van der Waals surface area contributed by atoms with Gasteiger partial charge in [0.15, 0.2) is 0 Å². The first-order chi connectivity index (χ1) is 51.5. The van der Waals surface area contributed by atoms with E-state index in [0.717, 1.165) is 9.80 Å². The molecule has 1 aromatic carbocycles. The molecule has 6 heterocycles. The van der Waals surface area contributed by atoms with E-state index >= 15 is 14.4 Å². The van der Waals surface area contributed by atoms with Crippen molar-refractivity contribution >= 4 is 94.0 Å². The molecule has 7 atom stereocenters. The number of aromatic amines is 1. The number of nitrogens with two attached hydrogens (primary N) is 1. The van der Waals surface area contributed by atoms with Gasteiger partial charge in [-0.2, -0.15) is 0 Å². The van der Waals surface area contributed by atoms with Crippen molar-refractivity contribution in [3.8, 4) is 0 Å². The lowest BCUT2D eigenvalue weighted by Crippen LogP contribution is -2.60. The van der Waals surface area contributed by atoms with Crippen LogP contribution >= 0.6 is 0 Å². The number of piperazine rings is 1. The summed E-state index contributed by atoms with van der Waals surface area (Å²) in [5.74, 6) is -12.1. The van der Waals surface area contributed by atoms with Crippen LogP contribution in [-0.4, -0.2) is 289 Å². The van der Waals surface area contributed by atoms with E-state index < -0.39 is 151 Å². The molecule has 4 aromatic rings. The molecule has 582 valence electrons. The van der Waals surface area contributed by atoms with Crippen LogP contribution in [0.1, 0.15) is 80.5 Å². The minimum Gasteiger partial charge on any atom is -0.481 e. The third kappa shape index (κ3) is 27.6. The number of carbonyl (C=O) groups is 14. The van der Waals surface area contributed by atoms with Crippen LogP contribution < -0.4 is 58.9 Å². The zero-order valence-electron chi connectivity index (χ0n) is 60.1. The SMILES string of the molecule is CCCOCC[C@@H]1NC(=O)[C@H](Cc2ccc(CNC(=O)COCCOCCN)cc2)NC(=O)[C@H](Cc2cccnc2)N(C)C(=O)CNC(=O)CNC(=O)[C@H]2CCCN2C(=O)[C@H](CC(=O)O)NC(=O)[C@H](CCCCNC(=O)N2CCN(CC(=O)O)CC2)NC(=O)CNC(=O)[C@H](Cc2c[nH]c3ncccc23)NC1=O. The minimum absolute atomic E-state index is 0.0528. The van der Waals surface area contributed by atoms with Crippen molar-refractivity contribution in [2.75, 3.05) is 119 Å². The number of ether oxygens (including phenoxy) is 3. The largest absolute Gasteiger partial charge is 0.481 e. The highest BCUT2D eigenvalue weighted by atomic mass is 16.5. The molecule has 3 aromatic heterocycles.